The van der Waals surface area contributed by atoms with Crippen molar-refractivity contribution < 1.29 is 17.9 Å². The highest BCUT2D eigenvalue weighted by molar-refractivity contribution is 7.91. The Balaban J connectivity index is 1.77. The second kappa shape index (κ2) is 8.76. The number of benzene rings is 1. The van der Waals surface area contributed by atoms with E-state index >= 15 is 0 Å². The van der Waals surface area contributed by atoms with Gasteiger partial charge in [0.05, 0.1) is 18.5 Å². The van der Waals surface area contributed by atoms with Crippen molar-refractivity contribution in [2.24, 2.45) is 0 Å². The van der Waals surface area contributed by atoms with Crippen LogP contribution in [0.2, 0.25) is 0 Å². The van der Waals surface area contributed by atoms with Gasteiger partial charge in [0.15, 0.2) is 15.5 Å². The molecule has 1 aliphatic rings. The van der Waals surface area contributed by atoms with Gasteiger partial charge in [0.1, 0.15) is 16.5 Å². The third-order valence-electron chi connectivity index (χ3n) is 6.17. The first-order valence-electron chi connectivity index (χ1n) is 10.7. The third-order valence-corrected chi connectivity index (χ3v) is 7.36. The summed E-state index contributed by atoms with van der Waals surface area (Å²) in [5.41, 5.74) is 8.26. The fraction of sp³-hybridized carbons (Fsp3) is 0.455. The molecular formula is C22H28FN5O3S. The smallest absolute Gasteiger partial charge is 0.180 e. The highest BCUT2D eigenvalue weighted by atomic mass is 32.2. The predicted octanol–water partition coefficient (Wildman–Crippen LogP) is 2.48. The molecule has 32 heavy (non-hydrogen) atoms. The van der Waals surface area contributed by atoms with Crippen LogP contribution in [0.5, 0.6) is 0 Å². The predicted molar refractivity (Wildman–Crippen MR) is 120 cm³/mol. The summed E-state index contributed by atoms with van der Waals surface area (Å²) in [6.45, 7) is 1.75. The standard InChI is InChI=1S/C22H28FN5O3S/c1-3-15-6-7-16(26-15)8-9-19-20(32(2,30)31)21(24)28-22(27-19)17(11-25-28)13-4-5-14(12-29)18(23)10-13/h4-5,10-11,15-16,26,29H,3,6-9,12,24H2,1-2H3/t15-,16-/m1/s1. The van der Waals surface area contributed by atoms with Gasteiger partial charge >= 0.3 is 0 Å². The highest BCUT2D eigenvalue weighted by Gasteiger charge is 2.27. The van der Waals surface area contributed by atoms with Gasteiger partial charge in [-0.1, -0.05) is 19.1 Å². The summed E-state index contributed by atoms with van der Waals surface area (Å²) in [6, 6.07) is 5.27. The van der Waals surface area contributed by atoms with E-state index in [9.17, 15) is 17.9 Å². The summed E-state index contributed by atoms with van der Waals surface area (Å²) in [6.07, 6.45) is 7.00. The summed E-state index contributed by atoms with van der Waals surface area (Å²) in [5.74, 6) is -0.542. The van der Waals surface area contributed by atoms with Crippen LogP contribution in [-0.4, -0.2) is 46.5 Å². The number of anilines is 1. The Labute approximate surface area is 186 Å². The minimum Gasteiger partial charge on any atom is -0.392 e. The zero-order chi connectivity index (χ0) is 23.0. The number of nitrogen functional groups attached to an aromatic ring is 1. The van der Waals surface area contributed by atoms with E-state index in [-0.39, 0.29) is 16.3 Å². The summed E-state index contributed by atoms with van der Waals surface area (Å²) >= 11 is 0. The summed E-state index contributed by atoms with van der Waals surface area (Å²) in [4.78, 5) is 4.65. The second-order valence-corrected chi connectivity index (χ2v) is 10.3. The number of aliphatic hydroxyl groups is 1. The number of nitrogens with two attached hydrogens (primary N) is 1. The van der Waals surface area contributed by atoms with Crippen LogP contribution in [0.3, 0.4) is 0 Å². The molecule has 0 unspecified atom stereocenters. The maximum absolute atomic E-state index is 14.3. The van der Waals surface area contributed by atoms with Crippen LogP contribution in [-0.2, 0) is 22.9 Å². The molecule has 0 amide bonds. The molecule has 1 aliphatic heterocycles. The Morgan fingerprint density at radius 3 is 2.69 bits per heavy atom. The zero-order valence-electron chi connectivity index (χ0n) is 18.2. The number of hydrogen-bond donors (Lipinski definition) is 3. The lowest BCUT2D eigenvalue weighted by Gasteiger charge is -2.15. The quantitative estimate of drug-likeness (QED) is 0.494. The molecule has 1 aromatic carbocycles. The molecule has 0 radical (unpaired) electrons. The Bertz CT molecular complexity index is 1260. The molecule has 1 fully saturated rings. The maximum Gasteiger partial charge on any atom is 0.180 e. The van der Waals surface area contributed by atoms with Crippen LogP contribution < -0.4 is 11.1 Å². The normalized spacial score (nSPS) is 19.1. The number of halogens is 1. The molecule has 2 aromatic heterocycles. The first-order valence-corrected chi connectivity index (χ1v) is 12.6. The molecule has 10 heteroatoms. The van der Waals surface area contributed by atoms with Crippen LogP contribution in [0.4, 0.5) is 10.2 Å². The minimum absolute atomic E-state index is 0.00276. The van der Waals surface area contributed by atoms with Crippen molar-refractivity contribution in [3.63, 3.8) is 0 Å². The van der Waals surface area contributed by atoms with Gasteiger partial charge in [0, 0.05) is 29.5 Å². The lowest BCUT2D eigenvalue weighted by atomic mass is 10.1. The monoisotopic (exact) mass is 461 g/mol. The number of nitrogens with one attached hydrogen (secondary N) is 1. The molecule has 3 aromatic rings. The number of aromatic nitrogens is 3. The van der Waals surface area contributed by atoms with Gasteiger partial charge in [-0.15, -0.1) is 0 Å². The van der Waals surface area contributed by atoms with Crippen molar-refractivity contribution in [1.29, 1.82) is 0 Å². The average molecular weight is 462 g/mol. The van der Waals surface area contributed by atoms with E-state index in [0.29, 0.717) is 41.0 Å². The second-order valence-electron chi connectivity index (χ2n) is 8.39. The molecule has 0 spiro atoms. The van der Waals surface area contributed by atoms with E-state index in [2.05, 4.69) is 22.3 Å². The fourth-order valence-electron chi connectivity index (χ4n) is 4.43. The Morgan fingerprint density at radius 1 is 1.31 bits per heavy atom. The van der Waals surface area contributed by atoms with Gasteiger partial charge in [-0.2, -0.15) is 9.61 Å². The van der Waals surface area contributed by atoms with E-state index in [1.165, 1.54) is 22.8 Å². The van der Waals surface area contributed by atoms with E-state index < -0.39 is 22.3 Å². The number of sulfone groups is 1. The Morgan fingerprint density at radius 2 is 2.06 bits per heavy atom. The topological polar surface area (TPSA) is 123 Å². The third kappa shape index (κ3) is 4.22. The summed E-state index contributed by atoms with van der Waals surface area (Å²) < 4.78 is 40.7. The van der Waals surface area contributed by atoms with Crippen LogP contribution in [0.15, 0.2) is 29.3 Å². The molecular weight excluding hydrogens is 433 g/mol. The molecule has 0 saturated carbocycles. The summed E-state index contributed by atoms with van der Waals surface area (Å²) in [7, 11) is -3.64. The first kappa shape index (κ1) is 22.6. The van der Waals surface area contributed by atoms with Gasteiger partial charge in [0.25, 0.3) is 0 Å². The van der Waals surface area contributed by atoms with Crippen LogP contribution in [0.1, 0.15) is 43.9 Å². The Kier molecular flexibility index (Phi) is 6.19. The Hall–Kier alpha value is -2.56. The number of nitrogens with zero attached hydrogens (tertiary/aromatic N) is 3. The van der Waals surface area contributed by atoms with Crippen LogP contribution >= 0.6 is 0 Å². The van der Waals surface area contributed by atoms with Gasteiger partial charge in [0.2, 0.25) is 0 Å². The largest absolute Gasteiger partial charge is 0.392 e. The van der Waals surface area contributed by atoms with Crippen molar-refractivity contribution in [2.45, 2.75) is 62.6 Å². The van der Waals surface area contributed by atoms with Gasteiger partial charge < -0.3 is 16.2 Å². The number of aliphatic hydroxyl groups excluding tert-OH is 1. The minimum atomic E-state index is -3.64. The molecule has 3 heterocycles. The SMILES string of the molecule is CC[C@@H]1CC[C@H](CCc2nc3c(-c4ccc(CO)c(F)c4)cnn3c(N)c2S(C)(=O)=O)N1. The highest BCUT2D eigenvalue weighted by Crippen LogP contribution is 2.31. The molecule has 2 atom stereocenters. The maximum atomic E-state index is 14.3. The number of rotatable bonds is 7. The van der Waals surface area contributed by atoms with Crippen LogP contribution in [0.25, 0.3) is 16.8 Å². The van der Waals surface area contributed by atoms with Gasteiger partial charge in [-0.25, -0.2) is 17.8 Å². The molecule has 0 aliphatic carbocycles. The fourth-order valence-corrected chi connectivity index (χ4v) is 5.47. The van der Waals surface area contributed by atoms with E-state index in [1.54, 1.807) is 6.07 Å². The zero-order valence-corrected chi connectivity index (χ0v) is 19.0. The van der Waals surface area contributed by atoms with E-state index in [0.717, 1.165) is 31.9 Å². The lowest BCUT2D eigenvalue weighted by Crippen LogP contribution is -2.29. The summed E-state index contributed by atoms with van der Waals surface area (Å²) in [5, 5.41) is 17.0. The average Bonchev–Trinajstić information content (AvgIpc) is 3.38. The number of aryl methyl sites for hydroxylation is 1. The number of hydrogen-bond acceptors (Lipinski definition) is 7. The van der Waals surface area contributed by atoms with Crippen molar-refractivity contribution in [2.75, 3.05) is 12.0 Å². The first-order chi connectivity index (χ1) is 15.2. The van der Waals surface area contributed by atoms with Crippen LogP contribution in [0, 0.1) is 5.82 Å². The molecule has 1 saturated heterocycles. The van der Waals surface area contributed by atoms with E-state index in [1.807, 2.05) is 0 Å². The van der Waals surface area contributed by atoms with Crippen molar-refractivity contribution in [3.05, 3.63) is 41.5 Å². The van der Waals surface area contributed by atoms with Crippen molar-refractivity contribution in [1.82, 2.24) is 19.9 Å². The van der Waals surface area contributed by atoms with Crippen molar-refractivity contribution >= 4 is 21.3 Å². The van der Waals surface area contributed by atoms with Gasteiger partial charge in [-0.3, -0.25) is 0 Å². The lowest BCUT2D eigenvalue weighted by molar-refractivity contribution is 0.276. The molecule has 0 bridgehead atoms. The molecule has 4 rings (SSSR count). The molecule has 4 N–H and O–H groups in total. The molecule has 172 valence electrons. The number of fused-ring (bicyclic) bond motifs is 1. The van der Waals surface area contributed by atoms with E-state index in [4.69, 9.17) is 5.73 Å². The van der Waals surface area contributed by atoms with Crippen molar-refractivity contribution in [3.8, 4) is 11.1 Å². The van der Waals surface area contributed by atoms with Gasteiger partial charge in [-0.05, 0) is 43.7 Å². The molecule has 8 nitrogen and oxygen atoms in total.